The second-order valence-electron chi connectivity index (χ2n) is 7.80. The van der Waals surface area contributed by atoms with Crippen molar-refractivity contribution in [1.29, 1.82) is 0 Å². The van der Waals surface area contributed by atoms with Crippen molar-refractivity contribution < 1.29 is 0 Å². The van der Waals surface area contributed by atoms with E-state index in [1.54, 1.807) is 0 Å². The number of unbranched alkanes of at least 4 members (excludes halogenated alkanes) is 17. The predicted molar refractivity (Wildman–Crippen MR) is 111 cm³/mol. The molecule has 2 heteroatoms. The lowest BCUT2D eigenvalue weighted by Crippen LogP contribution is -1.88. The summed E-state index contributed by atoms with van der Waals surface area (Å²) in [5, 5.41) is 0. The van der Waals surface area contributed by atoms with Crippen molar-refractivity contribution in [3.63, 3.8) is 0 Å². The maximum absolute atomic E-state index is 4.27. The van der Waals surface area contributed by atoms with Gasteiger partial charge in [0.15, 0.2) is 0 Å². The van der Waals surface area contributed by atoms with Gasteiger partial charge < -0.3 is 4.98 Å². The van der Waals surface area contributed by atoms with Crippen LogP contribution in [-0.2, 0) is 6.42 Å². The number of aromatic nitrogens is 2. The fourth-order valence-corrected chi connectivity index (χ4v) is 3.63. The normalized spacial score (nSPS) is 11.2. The van der Waals surface area contributed by atoms with Crippen molar-refractivity contribution in [1.82, 2.24) is 9.97 Å². The van der Waals surface area contributed by atoms with Gasteiger partial charge in [0.05, 0.1) is 0 Å². The lowest BCUT2D eigenvalue weighted by atomic mass is 10.0. The van der Waals surface area contributed by atoms with Gasteiger partial charge in [0.1, 0.15) is 5.82 Å². The summed E-state index contributed by atoms with van der Waals surface area (Å²) in [5.41, 5.74) is 0. The molecule has 25 heavy (non-hydrogen) atoms. The van der Waals surface area contributed by atoms with Crippen LogP contribution in [0.1, 0.15) is 128 Å². The molecule has 0 fully saturated rings. The summed E-state index contributed by atoms with van der Waals surface area (Å²) < 4.78 is 0. The van der Waals surface area contributed by atoms with E-state index in [1.165, 1.54) is 116 Å². The van der Waals surface area contributed by atoms with Crippen LogP contribution in [0, 0.1) is 0 Å². The standard InChI is InChI=1S/C23H44N2/c1-2-3-4-5-6-7-8-9-10-11-12-13-14-15-16-17-18-19-20-23-24-21-22-25-23/h21-22H,2-20H2,1H3,(H,24,25). The highest BCUT2D eigenvalue weighted by molar-refractivity contribution is 4.86. The molecule has 1 aromatic rings. The van der Waals surface area contributed by atoms with Crippen molar-refractivity contribution in [2.45, 2.75) is 129 Å². The van der Waals surface area contributed by atoms with Crippen LogP contribution < -0.4 is 0 Å². The fourth-order valence-electron chi connectivity index (χ4n) is 3.63. The third-order valence-corrected chi connectivity index (χ3v) is 5.32. The lowest BCUT2D eigenvalue weighted by molar-refractivity contribution is 0.524. The number of hydrogen-bond acceptors (Lipinski definition) is 1. The minimum atomic E-state index is 1.12. The van der Waals surface area contributed by atoms with E-state index in [9.17, 15) is 0 Å². The molecule has 0 bridgehead atoms. The molecule has 0 aliphatic carbocycles. The smallest absolute Gasteiger partial charge is 0.105 e. The van der Waals surface area contributed by atoms with Crippen LogP contribution in [0.15, 0.2) is 12.4 Å². The summed E-state index contributed by atoms with van der Waals surface area (Å²) >= 11 is 0. The number of aryl methyl sites for hydroxylation is 1. The van der Waals surface area contributed by atoms with Gasteiger partial charge in [0.25, 0.3) is 0 Å². The van der Waals surface area contributed by atoms with Crippen molar-refractivity contribution in [2.75, 3.05) is 0 Å². The lowest BCUT2D eigenvalue weighted by Gasteiger charge is -2.03. The Kier molecular flexibility index (Phi) is 16.0. The van der Waals surface area contributed by atoms with Gasteiger partial charge in [-0.3, -0.25) is 0 Å². The van der Waals surface area contributed by atoms with Gasteiger partial charge in [0, 0.05) is 18.8 Å². The Morgan fingerprint density at radius 2 is 1.00 bits per heavy atom. The second-order valence-corrected chi connectivity index (χ2v) is 7.80. The Balaban J connectivity index is 1.65. The zero-order valence-corrected chi connectivity index (χ0v) is 17.0. The van der Waals surface area contributed by atoms with Crippen molar-refractivity contribution in [3.8, 4) is 0 Å². The molecule has 146 valence electrons. The SMILES string of the molecule is CCCCCCCCCCCCCCCCCCCCc1ncc[nH]1. The van der Waals surface area contributed by atoms with Crippen LogP contribution in [0.4, 0.5) is 0 Å². The minimum absolute atomic E-state index is 1.12. The van der Waals surface area contributed by atoms with Gasteiger partial charge in [0.2, 0.25) is 0 Å². The van der Waals surface area contributed by atoms with E-state index in [0.717, 1.165) is 12.2 Å². The summed E-state index contributed by atoms with van der Waals surface area (Å²) in [5.74, 6) is 1.15. The van der Waals surface area contributed by atoms with Gasteiger partial charge in [-0.25, -0.2) is 4.98 Å². The van der Waals surface area contributed by atoms with E-state index < -0.39 is 0 Å². The van der Waals surface area contributed by atoms with E-state index in [0.29, 0.717) is 0 Å². The molecule has 1 aromatic heterocycles. The average molecular weight is 349 g/mol. The van der Waals surface area contributed by atoms with Crippen LogP contribution in [0.25, 0.3) is 0 Å². The van der Waals surface area contributed by atoms with Crippen LogP contribution in [0.5, 0.6) is 0 Å². The molecule has 0 radical (unpaired) electrons. The number of H-pyrrole nitrogens is 1. The highest BCUT2D eigenvalue weighted by Gasteiger charge is 1.96. The molecule has 1 heterocycles. The molecule has 0 saturated carbocycles. The quantitative estimate of drug-likeness (QED) is 0.252. The molecule has 0 atom stereocenters. The van der Waals surface area contributed by atoms with Crippen molar-refractivity contribution in [3.05, 3.63) is 18.2 Å². The van der Waals surface area contributed by atoms with Crippen LogP contribution in [0.2, 0.25) is 0 Å². The molecule has 0 unspecified atom stereocenters. The Morgan fingerprint density at radius 1 is 0.600 bits per heavy atom. The fraction of sp³-hybridized carbons (Fsp3) is 0.870. The number of nitrogens with one attached hydrogen (secondary N) is 1. The monoisotopic (exact) mass is 348 g/mol. The first-order valence-electron chi connectivity index (χ1n) is 11.4. The first kappa shape index (κ1) is 22.3. The first-order valence-corrected chi connectivity index (χ1v) is 11.4. The number of hydrogen-bond donors (Lipinski definition) is 1. The highest BCUT2D eigenvalue weighted by atomic mass is 14.9. The first-order chi connectivity index (χ1) is 12.4. The molecule has 1 rings (SSSR count). The van der Waals surface area contributed by atoms with Crippen LogP contribution in [-0.4, -0.2) is 9.97 Å². The number of imidazole rings is 1. The summed E-state index contributed by atoms with van der Waals surface area (Å²) in [6.07, 6.45) is 30.8. The maximum Gasteiger partial charge on any atom is 0.105 e. The summed E-state index contributed by atoms with van der Waals surface area (Å²) in [7, 11) is 0. The zero-order valence-electron chi connectivity index (χ0n) is 17.0. The zero-order chi connectivity index (χ0) is 17.8. The second kappa shape index (κ2) is 18.0. The molecule has 2 nitrogen and oxygen atoms in total. The Labute approximate surface area is 157 Å². The Morgan fingerprint density at radius 3 is 1.36 bits per heavy atom. The van der Waals surface area contributed by atoms with Gasteiger partial charge in [-0.2, -0.15) is 0 Å². The average Bonchev–Trinajstić information content (AvgIpc) is 3.14. The van der Waals surface area contributed by atoms with E-state index in [-0.39, 0.29) is 0 Å². The molecule has 0 amide bonds. The number of nitrogens with zero attached hydrogens (tertiary/aromatic N) is 1. The molecular formula is C23H44N2. The summed E-state index contributed by atoms with van der Waals surface area (Å²) in [6.45, 7) is 2.30. The molecule has 1 N–H and O–H groups in total. The van der Waals surface area contributed by atoms with Crippen molar-refractivity contribution >= 4 is 0 Å². The van der Waals surface area contributed by atoms with Gasteiger partial charge >= 0.3 is 0 Å². The maximum atomic E-state index is 4.27. The van der Waals surface area contributed by atoms with E-state index in [1.807, 2.05) is 12.4 Å². The molecule has 0 aliphatic heterocycles. The Bertz CT molecular complexity index is 345. The van der Waals surface area contributed by atoms with Crippen LogP contribution in [0.3, 0.4) is 0 Å². The highest BCUT2D eigenvalue weighted by Crippen LogP contribution is 2.14. The van der Waals surface area contributed by atoms with Crippen LogP contribution >= 0.6 is 0 Å². The van der Waals surface area contributed by atoms with Gasteiger partial charge in [-0.05, 0) is 6.42 Å². The summed E-state index contributed by atoms with van der Waals surface area (Å²) in [6, 6.07) is 0. The van der Waals surface area contributed by atoms with E-state index in [2.05, 4.69) is 16.9 Å². The Hall–Kier alpha value is -0.790. The van der Waals surface area contributed by atoms with Gasteiger partial charge in [-0.1, -0.05) is 116 Å². The number of aromatic amines is 1. The third-order valence-electron chi connectivity index (χ3n) is 5.32. The predicted octanol–water partition coefficient (Wildman–Crippen LogP) is 7.99. The molecule has 0 aromatic carbocycles. The van der Waals surface area contributed by atoms with Gasteiger partial charge in [-0.15, -0.1) is 0 Å². The molecule has 0 aliphatic rings. The van der Waals surface area contributed by atoms with E-state index in [4.69, 9.17) is 0 Å². The van der Waals surface area contributed by atoms with E-state index >= 15 is 0 Å². The molecule has 0 spiro atoms. The number of rotatable bonds is 19. The third kappa shape index (κ3) is 15.2. The molecular weight excluding hydrogens is 304 g/mol. The largest absolute Gasteiger partial charge is 0.349 e. The topological polar surface area (TPSA) is 28.7 Å². The molecule has 0 saturated heterocycles. The van der Waals surface area contributed by atoms with Crippen molar-refractivity contribution in [2.24, 2.45) is 0 Å². The minimum Gasteiger partial charge on any atom is -0.349 e. The summed E-state index contributed by atoms with van der Waals surface area (Å²) in [4.78, 5) is 7.46.